The SMILES string of the molecule is CCCNC1CCOCC1CN1CCCCC1CO. The predicted molar refractivity (Wildman–Crippen MR) is 77.3 cm³/mol. The minimum Gasteiger partial charge on any atom is -0.395 e. The van der Waals surface area contributed by atoms with Gasteiger partial charge in [0.05, 0.1) is 13.2 Å². The molecule has 2 fully saturated rings. The van der Waals surface area contributed by atoms with Gasteiger partial charge in [-0.3, -0.25) is 4.90 Å². The highest BCUT2D eigenvalue weighted by Crippen LogP contribution is 2.22. The molecule has 4 nitrogen and oxygen atoms in total. The lowest BCUT2D eigenvalue weighted by Crippen LogP contribution is -2.51. The number of piperidine rings is 1. The van der Waals surface area contributed by atoms with Crippen molar-refractivity contribution in [3.63, 3.8) is 0 Å². The second-order valence-electron chi connectivity index (χ2n) is 6.01. The Morgan fingerprint density at radius 3 is 3.00 bits per heavy atom. The molecule has 2 saturated heterocycles. The Labute approximate surface area is 117 Å². The molecule has 2 N–H and O–H groups in total. The third-order valence-corrected chi connectivity index (χ3v) is 4.56. The maximum atomic E-state index is 9.51. The molecule has 112 valence electrons. The number of aliphatic hydroxyl groups is 1. The summed E-state index contributed by atoms with van der Waals surface area (Å²) >= 11 is 0. The Hall–Kier alpha value is -0.160. The van der Waals surface area contributed by atoms with Gasteiger partial charge in [0.1, 0.15) is 0 Å². The third-order valence-electron chi connectivity index (χ3n) is 4.56. The summed E-state index contributed by atoms with van der Waals surface area (Å²) in [5, 5.41) is 13.2. The summed E-state index contributed by atoms with van der Waals surface area (Å²) in [6.45, 7) is 7.60. The first kappa shape index (κ1) is 15.2. The van der Waals surface area contributed by atoms with E-state index in [1.165, 1.54) is 19.3 Å². The lowest BCUT2D eigenvalue weighted by atomic mass is 9.92. The van der Waals surface area contributed by atoms with Gasteiger partial charge in [0.15, 0.2) is 0 Å². The van der Waals surface area contributed by atoms with E-state index in [2.05, 4.69) is 17.1 Å². The molecule has 2 heterocycles. The molecule has 0 bridgehead atoms. The van der Waals surface area contributed by atoms with E-state index in [1.807, 2.05) is 0 Å². The number of nitrogens with zero attached hydrogens (tertiary/aromatic N) is 1. The van der Waals surface area contributed by atoms with Gasteiger partial charge in [0, 0.05) is 31.2 Å². The van der Waals surface area contributed by atoms with Crippen molar-refractivity contribution < 1.29 is 9.84 Å². The van der Waals surface area contributed by atoms with Crippen LogP contribution in [0.2, 0.25) is 0 Å². The Bertz CT molecular complexity index is 250. The fourth-order valence-corrected chi connectivity index (χ4v) is 3.38. The molecule has 0 amide bonds. The lowest BCUT2D eigenvalue weighted by Gasteiger charge is -2.40. The Morgan fingerprint density at radius 2 is 2.21 bits per heavy atom. The second kappa shape index (κ2) is 8.20. The molecule has 3 atom stereocenters. The van der Waals surface area contributed by atoms with Gasteiger partial charge >= 0.3 is 0 Å². The van der Waals surface area contributed by atoms with Crippen LogP contribution in [-0.4, -0.2) is 61.5 Å². The molecular formula is C15H30N2O2. The minimum atomic E-state index is 0.306. The molecule has 0 aromatic carbocycles. The normalized spacial score (nSPS) is 33.5. The lowest BCUT2D eigenvalue weighted by molar-refractivity contribution is -0.00245. The van der Waals surface area contributed by atoms with Crippen LogP contribution in [0.4, 0.5) is 0 Å². The molecule has 19 heavy (non-hydrogen) atoms. The van der Waals surface area contributed by atoms with Crippen LogP contribution in [0.3, 0.4) is 0 Å². The number of likely N-dealkylation sites (tertiary alicyclic amines) is 1. The van der Waals surface area contributed by atoms with Gasteiger partial charge in [-0.25, -0.2) is 0 Å². The highest BCUT2D eigenvalue weighted by molar-refractivity contribution is 4.85. The van der Waals surface area contributed by atoms with Gasteiger partial charge in [-0.1, -0.05) is 13.3 Å². The number of hydrogen-bond acceptors (Lipinski definition) is 4. The van der Waals surface area contributed by atoms with Crippen LogP contribution >= 0.6 is 0 Å². The smallest absolute Gasteiger partial charge is 0.0586 e. The van der Waals surface area contributed by atoms with Crippen LogP contribution in [0.1, 0.15) is 39.0 Å². The number of nitrogens with one attached hydrogen (secondary N) is 1. The predicted octanol–water partition coefficient (Wildman–Crippen LogP) is 1.24. The van der Waals surface area contributed by atoms with Gasteiger partial charge < -0.3 is 15.2 Å². The standard InChI is InChI=1S/C15H30N2O2/c1-2-7-16-15-6-9-19-12-13(15)10-17-8-4-3-5-14(17)11-18/h13-16,18H,2-12H2,1H3. The molecule has 2 rings (SSSR count). The van der Waals surface area contributed by atoms with Crippen molar-refractivity contribution in [3.8, 4) is 0 Å². The van der Waals surface area contributed by atoms with Gasteiger partial charge in [0.2, 0.25) is 0 Å². The highest BCUT2D eigenvalue weighted by Gasteiger charge is 2.30. The van der Waals surface area contributed by atoms with E-state index in [1.54, 1.807) is 0 Å². The maximum absolute atomic E-state index is 9.51. The van der Waals surface area contributed by atoms with Gasteiger partial charge in [-0.15, -0.1) is 0 Å². The van der Waals surface area contributed by atoms with Crippen LogP contribution in [0.15, 0.2) is 0 Å². The number of ether oxygens (including phenoxy) is 1. The molecule has 0 aromatic rings. The van der Waals surface area contributed by atoms with E-state index < -0.39 is 0 Å². The maximum Gasteiger partial charge on any atom is 0.0586 e. The van der Waals surface area contributed by atoms with E-state index >= 15 is 0 Å². The van der Waals surface area contributed by atoms with Crippen molar-refractivity contribution in [1.29, 1.82) is 0 Å². The fourth-order valence-electron chi connectivity index (χ4n) is 3.38. The molecule has 2 aliphatic heterocycles. The average Bonchev–Trinajstić information content (AvgIpc) is 2.47. The monoisotopic (exact) mass is 270 g/mol. The molecule has 2 aliphatic rings. The Balaban J connectivity index is 1.86. The van der Waals surface area contributed by atoms with E-state index in [9.17, 15) is 5.11 Å². The van der Waals surface area contributed by atoms with E-state index in [0.717, 1.165) is 45.7 Å². The fraction of sp³-hybridized carbons (Fsp3) is 1.00. The largest absolute Gasteiger partial charge is 0.395 e. The van der Waals surface area contributed by atoms with Crippen molar-refractivity contribution in [2.45, 2.75) is 51.1 Å². The van der Waals surface area contributed by atoms with Gasteiger partial charge in [-0.05, 0) is 38.8 Å². The van der Waals surface area contributed by atoms with E-state index in [4.69, 9.17) is 4.74 Å². The zero-order valence-corrected chi connectivity index (χ0v) is 12.3. The third kappa shape index (κ3) is 4.42. The molecule has 0 aliphatic carbocycles. The zero-order chi connectivity index (χ0) is 13.5. The summed E-state index contributed by atoms with van der Waals surface area (Å²) in [5.74, 6) is 0.576. The van der Waals surface area contributed by atoms with Crippen molar-refractivity contribution in [3.05, 3.63) is 0 Å². The number of hydrogen-bond donors (Lipinski definition) is 2. The summed E-state index contributed by atoms with van der Waals surface area (Å²) in [5.41, 5.74) is 0. The summed E-state index contributed by atoms with van der Waals surface area (Å²) in [6.07, 6.45) is 6.00. The molecule has 0 radical (unpaired) electrons. The summed E-state index contributed by atoms with van der Waals surface area (Å²) in [6, 6.07) is 0.970. The second-order valence-corrected chi connectivity index (χ2v) is 6.01. The van der Waals surface area contributed by atoms with Crippen molar-refractivity contribution in [2.24, 2.45) is 5.92 Å². The molecule has 0 aromatic heterocycles. The topological polar surface area (TPSA) is 44.7 Å². The Kier molecular flexibility index (Phi) is 6.57. The van der Waals surface area contributed by atoms with Crippen LogP contribution in [0, 0.1) is 5.92 Å². The number of rotatable bonds is 6. The molecule has 0 spiro atoms. The van der Waals surface area contributed by atoms with Crippen molar-refractivity contribution in [2.75, 3.05) is 39.5 Å². The quantitative estimate of drug-likeness (QED) is 0.762. The van der Waals surface area contributed by atoms with Crippen LogP contribution in [0.5, 0.6) is 0 Å². The van der Waals surface area contributed by atoms with Crippen LogP contribution < -0.4 is 5.32 Å². The Morgan fingerprint density at radius 1 is 1.32 bits per heavy atom. The van der Waals surface area contributed by atoms with E-state index in [0.29, 0.717) is 24.6 Å². The van der Waals surface area contributed by atoms with Gasteiger partial charge in [0.25, 0.3) is 0 Å². The molecule has 3 unspecified atom stereocenters. The molecule has 4 heteroatoms. The van der Waals surface area contributed by atoms with Gasteiger partial charge in [-0.2, -0.15) is 0 Å². The first-order valence-corrected chi connectivity index (χ1v) is 8.01. The van der Waals surface area contributed by atoms with Crippen molar-refractivity contribution >= 4 is 0 Å². The first-order chi connectivity index (χ1) is 9.35. The zero-order valence-electron chi connectivity index (χ0n) is 12.3. The summed E-state index contributed by atoms with van der Waals surface area (Å²) < 4.78 is 5.67. The number of aliphatic hydroxyl groups excluding tert-OH is 1. The summed E-state index contributed by atoms with van der Waals surface area (Å²) in [7, 11) is 0. The summed E-state index contributed by atoms with van der Waals surface area (Å²) in [4.78, 5) is 2.49. The average molecular weight is 270 g/mol. The van der Waals surface area contributed by atoms with E-state index in [-0.39, 0.29) is 0 Å². The minimum absolute atomic E-state index is 0.306. The highest BCUT2D eigenvalue weighted by atomic mass is 16.5. The van der Waals surface area contributed by atoms with Crippen LogP contribution in [-0.2, 0) is 4.74 Å². The molecular weight excluding hydrogens is 240 g/mol. The molecule has 0 saturated carbocycles. The van der Waals surface area contributed by atoms with Crippen molar-refractivity contribution in [1.82, 2.24) is 10.2 Å². The van der Waals surface area contributed by atoms with Crippen LogP contribution in [0.25, 0.3) is 0 Å². The first-order valence-electron chi connectivity index (χ1n) is 8.01.